The molecule has 22 heavy (non-hydrogen) atoms. The first-order valence-corrected chi connectivity index (χ1v) is 10.6. The van der Waals surface area contributed by atoms with Gasteiger partial charge < -0.3 is 5.32 Å². The highest BCUT2D eigenvalue weighted by atomic mass is 32.3. The van der Waals surface area contributed by atoms with Crippen molar-refractivity contribution in [3.63, 3.8) is 0 Å². The fourth-order valence-electron chi connectivity index (χ4n) is 1.28. The first-order valence-electron chi connectivity index (χ1n) is 6.06. The first-order chi connectivity index (χ1) is 9.91. The lowest BCUT2D eigenvalue weighted by Crippen LogP contribution is -2.23. The molecule has 0 rings (SSSR count). The van der Waals surface area contributed by atoms with Crippen LogP contribution in [0.25, 0.3) is 0 Å². The Bertz CT molecular complexity index is 609. The topological polar surface area (TPSA) is 173 Å². The molecule has 0 spiro atoms. The summed E-state index contributed by atoms with van der Waals surface area (Å²) >= 11 is 0. The van der Waals surface area contributed by atoms with Gasteiger partial charge in [-0.05, 0) is 19.4 Å². The van der Waals surface area contributed by atoms with Crippen LogP contribution in [0.4, 0.5) is 0 Å². The second-order valence-electron chi connectivity index (χ2n) is 4.11. The van der Waals surface area contributed by atoms with E-state index in [1.807, 2.05) is 0 Å². The zero-order valence-electron chi connectivity index (χ0n) is 11.5. The van der Waals surface area contributed by atoms with Gasteiger partial charge in [-0.25, -0.2) is 16.8 Å². The second kappa shape index (κ2) is 9.71. The minimum atomic E-state index is -4.64. The van der Waals surface area contributed by atoms with Crippen molar-refractivity contribution in [2.45, 2.75) is 12.8 Å². The average Bonchev–Trinajstić information content (AvgIpc) is 2.29. The van der Waals surface area contributed by atoms with Gasteiger partial charge in [0.15, 0.2) is 9.84 Å². The molecule has 134 valence electrons. The van der Waals surface area contributed by atoms with Crippen molar-refractivity contribution < 1.29 is 42.7 Å². The Hall–Kier alpha value is -0.350. The van der Waals surface area contributed by atoms with Gasteiger partial charge in [0.05, 0.1) is 24.7 Å². The Labute approximate surface area is 129 Å². The minimum Gasteiger partial charge on any atom is -0.314 e. The van der Waals surface area contributed by atoms with Gasteiger partial charge in [0, 0.05) is 6.54 Å². The van der Waals surface area contributed by atoms with Gasteiger partial charge in [-0.3, -0.25) is 9.11 Å². The van der Waals surface area contributed by atoms with Crippen LogP contribution < -0.4 is 5.32 Å². The minimum absolute atomic E-state index is 0.161. The van der Waals surface area contributed by atoms with E-state index < -0.39 is 43.0 Å². The van der Waals surface area contributed by atoms with Crippen molar-refractivity contribution in [3.05, 3.63) is 0 Å². The maximum atomic E-state index is 11.5. The molecule has 0 bridgehead atoms. The fourth-order valence-corrected chi connectivity index (χ4v) is 3.16. The fraction of sp³-hybridized carbons (Fsp3) is 1.00. The lowest BCUT2D eigenvalue weighted by atomic mass is 10.3. The molecule has 0 aliphatic heterocycles. The molecule has 0 fully saturated rings. The number of hydrogen-bond donors (Lipinski definition) is 3. The van der Waals surface area contributed by atoms with Gasteiger partial charge in [-0.1, -0.05) is 0 Å². The van der Waals surface area contributed by atoms with Crippen LogP contribution in [0.15, 0.2) is 0 Å². The van der Waals surface area contributed by atoms with Crippen LogP contribution >= 0.6 is 0 Å². The highest BCUT2D eigenvalue weighted by molar-refractivity contribution is 7.91. The molecule has 0 unspecified atom stereocenters. The van der Waals surface area contributed by atoms with E-state index in [1.165, 1.54) is 0 Å². The Balaban J connectivity index is 3.65. The standard InChI is InChI=1S/C8H19NO10S3/c10-20(11,8-6-19-22(15,16)17)7-2-1-3-9-4-5-18-21(12,13)14/h9H,1-8H2,(H,12,13,14)(H,15,16,17). The lowest BCUT2D eigenvalue weighted by molar-refractivity contribution is 0.267. The van der Waals surface area contributed by atoms with Crippen molar-refractivity contribution in [2.24, 2.45) is 0 Å². The number of unbranched alkanes of at least 4 members (excludes halogenated alkanes) is 1. The molecule has 0 aliphatic carbocycles. The van der Waals surface area contributed by atoms with Gasteiger partial charge in [0.25, 0.3) is 0 Å². The molecule has 11 nitrogen and oxygen atoms in total. The first kappa shape index (κ1) is 21.6. The Morgan fingerprint density at radius 3 is 1.82 bits per heavy atom. The summed E-state index contributed by atoms with van der Waals surface area (Å²) in [7, 11) is -12.6. The van der Waals surface area contributed by atoms with Gasteiger partial charge in [-0.15, -0.1) is 0 Å². The van der Waals surface area contributed by atoms with E-state index in [1.54, 1.807) is 0 Å². The van der Waals surface area contributed by atoms with E-state index in [-0.39, 0.29) is 18.9 Å². The summed E-state index contributed by atoms with van der Waals surface area (Å²) in [6, 6.07) is 0. The van der Waals surface area contributed by atoms with E-state index >= 15 is 0 Å². The molecule has 14 heteroatoms. The van der Waals surface area contributed by atoms with Crippen LogP contribution in [0.2, 0.25) is 0 Å². The molecule has 0 radical (unpaired) electrons. The summed E-state index contributed by atoms with van der Waals surface area (Å²) in [5.41, 5.74) is 0. The molecule has 0 aromatic carbocycles. The van der Waals surface area contributed by atoms with Crippen LogP contribution in [0.1, 0.15) is 12.8 Å². The normalized spacial score (nSPS) is 13.4. The summed E-state index contributed by atoms with van der Waals surface area (Å²) in [5, 5.41) is 2.77. The summed E-state index contributed by atoms with van der Waals surface area (Å²) in [6.07, 6.45) is 0.782. The molecule has 0 aromatic rings. The third kappa shape index (κ3) is 16.0. The van der Waals surface area contributed by atoms with E-state index in [0.29, 0.717) is 19.4 Å². The van der Waals surface area contributed by atoms with E-state index in [2.05, 4.69) is 13.7 Å². The van der Waals surface area contributed by atoms with E-state index in [4.69, 9.17) is 9.11 Å². The Kier molecular flexibility index (Phi) is 9.56. The molecule has 0 amide bonds. The van der Waals surface area contributed by atoms with Crippen LogP contribution in [0, 0.1) is 0 Å². The Morgan fingerprint density at radius 2 is 1.27 bits per heavy atom. The maximum absolute atomic E-state index is 11.5. The van der Waals surface area contributed by atoms with E-state index in [0.717, 1.165) is 0 Å². The maximum Gasteiger partial charge on any atom is 0.397 e. The molecular formula is C8H19NO10S3. The summed E-state index contributed by atoms with van der Waals surface area (Å²) < 4.78 is 88.3. The van der Waals surface area contributed by atoms with Crippen LogP contribution in [0.3, 0.4) is 0 Å². The van der Waals surface area contributed by atoms with Gasteiger partial charge >= 0.3 is 20.8 Å². The van der Waals surface area contributed by atoms with Gasteiger partial charge in [-0.2, -0.15) is 16.8 Å². The summed E-state index contributed by atoms with van der Waals surface area (Å²) in [6.45, 7) is -0.322. The predicted molar refractivity (Wildman–Crippen MR) is 75.8 cm³/mol. The van der Waals surface area contributed by atoms with Crippen LogP contribution in [-0.2, 0) is 39.0 Å². The SMILES string of the molecule is O=S(=O)(CCCCNCCOS(=O)(=O)O)CCOS(=O)(=O)O. The molecule has 0 aromatic heterocycles. The largest absolute Gasteiger partial charge is 0.397 e. The zero-order chi connectivity index (χ0) is 17.3. The van der Waals surface area contributed by atoms with Crippen molar-refractivity contribution in [3.8, 4) is 0 Å². The third-order valence-electron chi connectivity index (χ3n) is 2.20. The predicted octanol–water partition coefficient (Wildman–Crippen LogP) is -1.59. The lowest BCUT2D eigenvalue weighted by Gasteiger charge is -2.05. The van der Waals surface area contributed by atoms with Crippen molar-refractivity contribution in [1.29, 1.82) is 0 Å². The number of hydrogen-bond acceptors (Lipinski definition) is 9. The zero-order valence-corrected chi connectivity index (χ0v) is 14.0. The van der Waals surface area contributed by atoms with Gasteiger partial charge in [0.2, 0.25) is 0 Å². The quantitative estimate of drug-likeness (QED) is 0.246. The number of rotatable bonds is 13. The number of sulfone groups is 1. The molecule has 3 N–H and O–H groups in total. The smallest absolute Gasteiger partial charge is 0.314 e. The van der Waals surface area contributed by atoms with Crippen molar-refractivity contribution >= 4 is 30.6 Å². The monoisotopic (exact) mass is 385 g/mol. The Morgan fingerprint density at radius 1 is 0.727 bits per heavy atom. The van der Waals surface area contributed by atoms with E-state index in [9.17, 15) is 25.3 Å². The highest BCUT2D eigenvalue weighted by Gasteiger charge is 2.13. The summed E-state index contributed by atoms with van der Waals surface area (Å²) in [5.74, 6) is -0.701. The van der Waals surface area contributed by atoms with Crippen LogP contribution in [-0.4, -0.2) is 72.2 Å². The third-order valence-corrected chi connectivity index (χ3v) is 4.83. The molecule has 0 aliphatic rings. The molecular weight excluding hydrogens is 366 g/mol. The van der Waals surface area contributed by atoms with Crippen molar-refractivity contribution in [1.82, 2.24) is 5.32 Å². The molecule has 0 atom stereocenters. The molecule has 0 saturated carbocycles. The van der Waals surface area contributed by atoms with Gasteiger partial charge in [0.1, 0.15) is 0 Å². The average molecular weight is 385 g/mol. The molecule has 0 saturated heterocycles. The van der Waals surface area contributed by atoms with Crippen molar-refractivity contribution in [2.75, 3.05) is 37.8 Å². The highest BCUT2D eigenvalue weighted by Crippen LogP contribution is 1.99. The molecule has 0 heterocycles. The number of nitrogens with one attached hydrogen (secondary N) is 1. The summed E-state index contributed by atoms with van der Waals surface area (Å²) in [4.78, 5) is 0. The van der Waals surface area contributed by atoms with Crippen LogP contribution in [0.5, 0.6) is 0 Å². The second-order valence-corrected chi connectivity index (χ2v) is 8.59.